The smallest absolute Gasteiger partial charge is 0.251 e. The van der Waals surface area contributed by atoms with Gasteiger partial charge in [-0.2, -0.15) is 4.31 Å². The number of hydrogen-bond acceptors (Lipinski definition) is 5. The molecule has 8 heteroatoms. The SMILES string of the molecule is COc1cccc(CNC(=O)c2ccc(CS(=O)(=O)N3CCOCC3)cc2)c1. The van der Waals surface area contributed by atoms with Crippen LogP contribution < -0.4 is 10.1 Å². The minimum atomic E-state index is -3.38. The average Bonchev–Trinajstić information content (AvgIpc) is 2.73. The van der Waals surface area contributed by atoms with E-state index >= 15 is 0 Å². The highest BCUT2D eigenvalue weighted by Gasteiger charge is 2.24. The summed E-state index contributed by atoms with van der Waals surface area (Å²) in [5, 5.41) is 2.85. The van der Waals surface area contributed by atoms with Crippen LogP contribution in [0.25, 0.3) is 0 Å². The largest absolute Gasteiger partial charge is 0.497 e. The summed E-state index contributed by atoms with van der Waals surface area (Å²) >= 11 is 0. The van der Waals surface area contributed by atoms with Crippen molar-refractivity contribution in [2.45, 2.75) is 12.3 Å². The summed E-state index contributed by atoms with van der Waals surface area (Å²) < 4.78 is 36.8. The summed E-state index contributed by atoms with van der Waals surface area (Å²) in [6.07, 6.45) is 0. The summed E-state index contributed by atoms with van der Waals surface area (Å²) in [6.45, 7) is 1.99. The lowest BCUT2D eigenvalue weighted by Gasteiger charge is -2.26. The Morgan fingerprint density at radius 1 is 1.11 bits per heavy atom. The molecule has 1 aliphatic heterocycles. The van der Waals surface area contributed by atoms with Gasteiger partial charge in [-0.15, -0.1) is 0 Å². The van der Waals surface area contributed by atoms with Crippen LogP contribution >= 0.6 is 0 Å². The van der Waals surface area contributed by atoms with Gasteiger partial charge in [0.05, 0.1) is 26.1 Å². The molecule has 2 aromatic rings. The third-order valence-corrected chi connectivity index (χ3v) is 6.37. The lowest BCUT2D eigenvalue weighted by molar-refractivity contribution is 0.0729. The topological polar surface area (TPSA) is 84.9 Å². The second-order valence-corrected chi connectivity index (χ2v) is 8.47. The maximum absolute atomic E-state index is 12.5. The van der Waals surface area contributed by atoms with Gasteiger partial charge in [-0.25, -0.2) is 8.42 Å². The fraction of sp³-hybridized carbons (Fsp3) is 0.350. The minimum absolute atomic E-state index is 0.0846. The van der Waals surface area contributed by atoms with Crippen LogP contribution in [-0.4, -0.2) is 52.0 Å². The number of benzene rings is 2. The van der Waals surface area contributed by atoms with Crippen LogP contribution in [0.15, 0.2) is 48.5 Å². The third kappa shape index (κ3) is 5.31. The Labute approximate surface area is 165 Å². The van der Waals surface area contributed by atoms with Crippen LogP contribution in [0.4, 0.5) is 0 Å². The minimum Gasteiger partial charge on any atom is -0.497 e. The summed E-state index contributed by atoms with van der Waals surface area (Å²) in [5.41, 5.74) is 2.06. The molecule has 0 radical (unpaired) electrons. The highest BCUT2D eigenvalue weighted by molar-refractivity contribution is 7.88. The highest BCUT2D eigenvalue weighted by atomic mass is 32.2. The molecule has 2 aromatic carbocycles. The normalized spacial score (nSPS) is 15.2. The molecule has 28 heavy (non-hydrogen) atoms. The van der Waals surface area contributed by atoms with Gasteiger partial charge in [0.1, 0.15) is 5.75 Å². The molecule has 0 spiro atoms. The van der Waals surface area contributed by atoms with E-state index in [4.69, 9.17) is 9.47 Å². The lowest BCUT2D eigenvalue weighted by Crippen LogP contribution is -2.41. The zero-order valence-corrected chi connectivity index (χ0v) is 16.6. The van der Waals surface area contributed by atoms with Gasteiger partial charge in [0.2, 0.25) is 10.0 Å². The van der Waals surface area contributed by atoms with Crippen molar-refractivity contribution in [3.63, 3.8) is 0 Å². The van der Waals surface area contributed by atoms with E-state index < -0.39 is 10.0 Å². The summed E-state index contributed by atoms with van der Waals surface area (Å²) in [5.74, 6) is 0.432. The number of rotatable bonds is 7. The van der Waals surface area contributed by atoms with E-state index in [9.17, 15) is 13.2 Å². The number of carbonyl (C=O) groups is 1. The van der Waals surface area contributed by atoms with E-state index in [0.717, 1.165) is 11.3 Å². The van der Waals surface area contributed by atoms with Gasteiger partial charge in [-0.3, -0.25) is 4.79 Å². The van der Waals surface area contributed by atoms with E-state index in [0.29, 0.717) is 44.0 Å². The standard InChI is InChI=1S/C20H24N2O5S/c1-26-19-4-2-3-17(13-19)14-21-20(23)18-7-5-16(6-8-18)15-28(24,25)22-9-11-27-12-10-22/h2-8,13H,9-12,14-15H2,1H3,(H,21,23). The molecule has 1 aliphatic rings. The molecule has 0 aromatic heterocycles. The maximum Gasteiger partial charge on any atom is 0.251 e. The summed E-state index contributed by atoms with van der Waals surface area (Å²) in [4.78, 5) is 12.3. The molecule has 1 fully saturated rings. The lowest BCUT2D eigenvalue weighted by atomic mass is 10.1. The van der Waals surface area contributed by atoms with Crippen molar-refractivity contribution in [3.8, 4) is 5.75 Å². The molecule has 0 saturated carbocycles. The van der Waals surface area contributed by atoms with Gasteiger partial charge in [0.15, 0.2) is 0 Å². The van der Waals surface area contributed by atoms with E-state index in [2.05, 4.69) is 5.32 Å². The first-order chi connectivity index (χ1) is 13.5. The van der Waals surface area contributed by atoms with Gasteiger partial charge >= 0.3 is 0 Å². The zero-order valence-electron chi connectivity index (χ0n) is 15.8. The maximum atomic E-state index is 12.5. The molecule has 0 bridgehead atoms. The van der Waals surface area contributed by atoms with Crippen molar-refractivity contribution < 1.29 is 22.7 Å². The molecular weight excluding hydrogens is 380 g/mol. The fourth-order valence-electron chi connectivity index (χ4n) is 2.95. The summed E-state index contributed by atoms with van der Waals surface area (Å²) in [7, 11) is -1.79. The molecule has 1 amide bonds. The Hall–Kier alpha value is -2.42. The van der Waals surface area contributed by atoms with Crippen molar-refractivity contribution in [2.24, 2.45) is 0 Å². The molecule has 7 nitrogen and oxygen atoms in total. The highest BCUT2D eigenvalue weighted by Crippen LogP contribution is 2.15. The van der Waals surface area contributed by atoms with Crippen LogP contribution in [0, 0.1) is 0 Å². The first kappa shape index (κ1) is 20.3. The van der Waals surface area contributed by atoms with Gasteiger partial charge in [0, 0.05) is 25.2 Å². The Morgan fingerprint density at radius 3 is 2.50 bits per heavy atom. The van der Waals surface area contributed by atoms with Crippen molar-refractivity contribution in [2.75, 3.05) is 33.4 Å². The van der Waals surface area contributed by atoms with E-state index in [1.54, 1.807) is 31.4 Å². The number of carbonyl (C=O) groups excluding carboxylic acids is 1. The van der Waals surface area contributed by atoms with E-state index in [1.165, 1.54) is 4.31 Å². The summed E-state index contributed by atoms with van der Waals surface area (Å²) in [6, 6.07) is 14.1. The predicted molar refractivity (Wildman–Crippen MR) is 106 cm³/mol. The number of nitrogens with zero attached hydrogens (tertiary/aromatic N) is 1. The Kier molecular flexibility index (Phi) is 6.66. The second-order valence-electron chi connectivity index (χ2n) is 6.50. The molecule has 1 N–H and O–H groups in total. The van der Waals surface area contributed by atoms with Gasteiger partial charge in [-0.1, -0.05) is 24.3 Å². The van der Waals surface area contributed by atoms with Crippen LogP contribution in [0.3, 0.4) is 0 Å². The quantitative estimate of drug-likeness (QED) is 0.761. The van der Waals surface area contributed by atoms with Crippen molar-refractivity contribution in [3.05, 3.63) is 65.2 Å². The van der Waals surface area contributed by atoms with Crippen LogP contribution in [-0.2, 0) is 27.1 Å². The van der Waals surface area contributed by atoms with Crippen molar-refractivity contribution in [1.29, 1.82) is 0 Å². The second kappa shape index (κ2) is 9.18. The molecule has 0 unspecified atom stereocenters. The first-order valence-electron chi connectivity index (χ1n) is 9.03. The van der Waals surface area contributed by atoms with Crippen LogP contribution in [0.2, 0.25) is 0 Å². The van der Waals surface area contributed by atoms with Gasteiger partial charge in [-0.05, 0) is 35.4 Å². The predicted octanol–water partition coefficient (Wildman–Crippen LogP) is 1.79. The molecular formula is C20H24N2O5S. The van der Waals surface area contributed by atoms with E-state index in [-0.39, 0.29) is 11.7 Å². The molecule has 1 heterocycles. The van der Waals surface area contributed by atoms with Gasteiger partial charge in [0.25, 0.3) is 5.91 Å². The number of ether oxygens (including phenoxy) is 2. The van der Waals surface area contributed by atoms with Crippen LogP contribution in [0.5, 0.6) is 5.75 Å². The number of nitrogens with one attached hydrogen (secondary N) is 1. The van der Waals surface area contributed by atoms with E-state index in [1.807, 2.05) is 24.3 Å². The average molecular weight is 404 g/mol. The monoisotopic (exact) mass is 404 g/mol. The molecule has 3 rings (SSSR count). The number of amides is 1. The van der Waals surface area contributed by atoms with Crippen LogP contribution in [0.1, 0.15) is 21.5 Å². The number of methoxy groups -OCH3 is 1. The van der Waals surface area contributed by atoms with Gasteiger partial charge < -0.3 is 14.8 Å². The molecule has 0 aliphatic carbocycles. The number of hydrogen-bond donors (Lipinski definition) is 1. The Balaban J connectivity index is 1.57. The number of morpholine rings is 1. The third-order valence-electron chi connectivity index (χ3n) is 4.52. The van der Waals surface area contributed by atoms with Crippen molar-refractivity contribution >= 4 is 15.9 Å². The molecule has 150 valence electrons. The Bertz CT molecular complexity index is 906. The Morgan fingerprint density at radius 2 is 1.82 bits per heavy atom. The molecule has 0 atom stereocenters. The fourth-order valence-corrected chi connectivity index (χ4v) is 4.45. The molecule has 1 saturated heterocycles. The van der Waals surface area contributed by atoms with Crippen molar-refractivity contribution in [1.82, 2.24) is 9.62 Å². The first-order valence-corrected chi connectivity index (χ1v) is 10.6. The zero-order chi connectivity index (χ0) is 20.0. The number of sulfonamides is 1.